The first-order valence-electron chi connectivity index (χ1n) is 6.17. The third-order valence-electron chi connectivity index (χ3n) is 3.16. The van der Waals surface area contributed by atoms with Gasteiger partial charge in [-0.2, -0.15) is 0 Å². The lowest BCUT2D eigenvalue weighted by Crippen LogP contribution is -2.29. The Balaban J connectivity index is 1.57. The van der Waals surface area contributed by atoms with Gasteiger partial charge in [-0.15, -0.1) is 11.3 Å². The molecule has 16 heavy (non-hydrogen) atoms. The zero-order valence-electron chi connectivity index (χ0n) is 9.96. The van der Waals surface area contributed by atoms with E-state index in [-0.39, 0.29) is 0 Å². The van der Waals surface area contributed by atoms with E-state index >= 15 is 0 Å². The normalized spacial score (nSPS) is 17.8. The molecule has 90 valence electrons. The van der Waals surface area contributed by atoms with E-state index in [4.69, 9.17) is 0 Å². The van der Waals surface area contributed by atoms with Crippen molar-refractivity contribution in [3.05, 3.63) is 16.1 Å². The van der Waals surface area contributed by atoms with Crippen LogP contribution in [-0.4, -0.2) is 24.6 Å². The van der Waals surface area contributed by atoms with Gasteiger partial charge in [-0.3, -0.25) is 0 Å². The second-order valence-corrected chi connectivity index (χ2v) is 5.58. The number of aryl methyl sites for hydroxylation is 1. The van der Waals surface area contributed by atoms with Crippen molar-refractivity contribution in [1.29, 1.82) is 0 Å². The summed E-state index contributed by atoms with van der Waals surface area (Å²) >= 11 is 1.73. The van der Waals surface area contributed by atoms with E-state index in [0.29, 0.717) is 0 Å². The minimum Gasteiger partial charge on any atom is -0.317 e. The molecule has 4 heteroatoms. The van der Waals surface area contributed by atoms with Crippen molar-refractivity contribution in [3.8, 4) is 0 Å². The summed E-state index contributed by atoms with van der Waals surface area (Å²) in [7, 11) is 0. The predicted octanol–water partition coefficient (Wildman–Crippen LogP) is 1.93. The number of rotatable bonds is 5. The van der Waals surface area contributed by atoms with E-state index in [1.807, 2.05) is 0 Å². The van der Waals surface area contributed by atoms with Crippen LogP contribution in [-0.2, 0) is 6.54 Å². The van der Waals surface area contributed by atoms with Gasteiger partial charge in [0.2, 0.25) is 0 Å². The van der Waals surface area contributed by atoms with Crippen LogP contribution in [0.4, 0.5) is 0 Å². The smallest absolute Gasteiger partial charge is 0.0897 e. The van der Waals surface area contributed by atoms with Gasteiger partial charge in [-0.1, -0.05) is 0 Å². The van der Waals surface area contributed by atoms with Crippen molar-refractivity contribution < 1.29 is 0 Å². The molecule has 0 amide bonds. The molecule has 0 aromatic carbocycles. The molecule has 2 N–H and O–H groups in total. The fourth-order valence-corrected chi connectivity index (χ4v) is 2.80. The maximum atomic E-state index is 4.44. The lowest BCUT2D eigenvalue weighted by atomic mass is 9.95. The average Bonchev–Trinajstić information content (AvgIpc) is 2.72. The van der Waals surface area contributed by atoms with Crippen molar-refractivity contribution in [2.75, 3.05) is 19.6 Å². The number of aromatic nitrogens is 1. The lowest BCUT2D eigenvalue weighted by Gasteiger charge is -2.22. The Morgan fingerprint density at radius 3 is 3.00 bits per heavy atom. The fourth-order valence-electron chi connectivity index (χ4n) is 2.18. The summed E-state index contributed by atoms with van der Waals surface area (Å²) in [4.78, 5) is 4.44. The number of piperidine rings is 1. The highest BCUT2D eigenvalue weighted by molar-refractivity contribution is 7.09. The first-order chi connectivity index (χ1) is 7.84. The molecule has 0 saturated carbocycles. The molecular formula is C12H21N3S. The SMILES string of the molecule is Cc1nc(CNCCC2CCNCC2)cs1. The molecule has 0 atom stereocenters. The highest BCUT2D eigenvalue weighted by Gasteiger charge is 2.11. The molecule has 0 aliphatic carbocycles. The van der Waals surface area contributed by atoms with Crippen molar-refractivity contribution in [2.24, 2.45) is 5.92 Å². The van der Waals surface area contributed by atoms with Gasteiger partial charge < -0.3 is 10.6 Å². The molecule has 0 bridgehead atoms. The van der Waals surface area contributed by atoms with Gasteiger partial charge in [0.1, 0.15) is 0 Å². The standard InChI is InChI=1S/C12H21N3S/c1-10-15-12(9-16-10)8-14-7-4-11-2-5-13-6-3-11/h9,11,13-14H,2-8H2,1H3. The monoisotopic (exact) mass is 239 g/mol. The minimum atomic E-state index is 0.922. The van der Waals surface area contributed by atoms with Crippen LogP contribution in [0, 0.1) is 12.8 Å². The predicted molar refractivity (Wildman–Crippen MR) is 68.8 cm³/mol. The molecule has 1 fully saturated rings. The molecule has 0 unspecified atom stereocenters. The van der Waals surface area contributed by atoms with Crippen LogP contribution in [0.2, 0.25) is 0 Å². The van der Waals surface area contributed by atoms with Gasteiger partial charge in [-0.25, -0.2) is 4.98 Å². The van der Waals surface area contributed by atoms with E-state index in [1.165, 1.54) is 38.0 Å². The fraction of sp³-hybridized carbons (Fsp3) is 0.750. The van der Waals surface area contributed by atoms with Crippen molar-refractivity contribution in [3.63, 3.8) is 0 Å². The number of nitrogens with zero attached hydrogens (tertiary/aromatic N) is 1. The molecule has 0 radical (unpaired) electrons. The Hall–Kier alpha value is -0.450. The van der Waals surface area contributed by atoms with Crippen LogP contribution in [0.15, 0.2) is 5.38 Å². The quantitative estimate of drug-likeness (QED) is 0.771. The maximum Gasteiger partial charge on any atom is 0.0897 e. The third kappa shape index (κ3) is 3.85. The first kappa shape index (κ1) is 12.0. The molecule has 1 saturated heterocycles. The van der Waals surface area contributed by atoms with Crippen LogP contribution in [0.1, 0.15) is 30.0 Å². The van der Waals surface area contributed by atoms with Gasteiger partial charge in [0, 0.05) is 11.9 Å². The highest BCUT2D eigenvalue weighted by Crippen LogP contribution is 2.15. The zero-order valence-corrected chi connectivity index (χ0v) is 10.8. The number of hydrogen-bond acceptors (Lipinski definition) is 4. The van der Waals surface area contributed by atoms with E-state index in [1.54, 1.807) is 11.3 Å². The Bertz CT molecular complexity index is 305. The molecule has 3 nitrogen and oxygen atoms in total. The molecule has 0 spiro atoms. The summed E-state index contributed by atoms with van der Waals surface area (Å²) < 4.78 is 0. The van der Waals surface area contributed by atoms with Crippen molar-refractivity contribution in [2.45, 2.75) is 32.7 Å². The highest BCUT2D eigenvalue weighted by atomic mass is 32.1. The molecule has 2 rings (SSSR count). The Morgan fingerprint density at radius 1 is 1.50 bits per heavy atom. The number of nitrogens with one attached hydrogen (secondary N) is 2. The van der Waals surface area contributed by atoms with E-state index in [0.717, 1.165) is 24.0 Å². The van der Waals surface area contributed by atoms with Gasteiger partial charge in [0.15, 0.2) is 0 Å². The van der Waals surface area contributed by atoms with E-state index in [9.17, 15) is 0 Å². The molecule has 1 aromatic rings. The summed E-state index contributed by atoms with van der Waals surface area (Å²) in [5, 5.41) is 10.2. The van der Waals surface area contributed by atoms with Gasteiger partial charge in [0.25, 0.3) is 0 Å². The molecule has 1 aliphatic heterocycles. The molecular weight excluding hydrogens is 218 g/mol. The summed E-state index contributed by atoms with van der Waals surface area (Å²) in [6.45, 7) is 6.52. The first-order valence-corrected chi connectivity index (χ1v) is 7.05. The number of hydrogen-bond donors (Lipinski definition) is 2. The average molecular weight is 239 g/mol. The third-order valence-corrected chi connectivity index (χ3v) is 3.98. The zero-order chi connectivity index (χ0) is 11.2. The lowest BCUT2D eigenvalue weighted by molar-refractivity contribution is 0.348. The van der Waals surface area contributed by atoms with Crippen molar-refractivity contribution >= 4 is 11.3 Å². The van der Waals surface area contributed by atoms with E-state index in [2.05, 4.69) is 27.9 Å². The van der Waals surface area contributed by atoms with E-state index < -0.39 is 0 Å². The van der Waals surface area contributed by atoms with Gasteiger partial charge in [0.05, 0.1) is 10.7 Å². The van der Waals surface area contributed by atoms with Crippen LogP contribution in [0.3, 0.4) is 0 Å². The maximum absolute atomic E-state index is 4.44. The summed E-state index contributed by atoms with van der Waals surface area (Å²) in [6.07, 6.45) is 4.00. The Kier molecular flexibility index (Phi) is 4.75. The minimum absolute atomic E-state index is 0.922. The molecule has 1 aromatic heterocycles. The second kappa shape index (κ2) is 6.33. The topological polar surface area (TPSA) is 37.0 Å². The Labute approximate surface area is 102 Å². The summed E-state index contributed by atoms with van der Waals surface area (Å²) in [6, 6.07) is 0. The summed E-state index contributed by atoms with van der Waals surface area (Å²) in [5.74, 6) is 0.922. The van der Waals surface area contributed by atoms with Gasteiger partial charge >= 0.3 is 0 Å². The van der Waals surface area contributed by atoms with Crippen LogP contribution in [0.5, 0.6) is 0 Å². The Morgan fingerprint density at radius 2 is 2.31 bits per heavy atom. The van der Waals surface area contributed by atoms with Crippen molar-refractivity contribution in [1.82, 2.24) is 15.6 Å². The second-order valence-electron chi connectivity index (χ2n) is 4.52. The van der Waals surface area contributed by atoms with Crippen LogP contribution in [0.25, 0.3) is 0 Å². The number of thiazole rings is 1. The van der Waals surface area contributed by atoms with Crippen LogP contribution < -0.4 is 10.6 Å². The summed E-state index contributed by atoms with van der Waals surface area (Å²) in [5.41, 5.74) is 1.19. The molecule has 2 heterocycles. The largest absolute Gasteiger partial charge is 0.317 e. The molecule has 1 aliphatic rings. The van der Waals surface area contributed by atoms with Crippen LogP contribution >= 0.6 is 11.3 Å². The van der Waals surface area contributed by atoms with Gasteiger partial charge in [-0.05, 0) is 51.7 Å².